The molecule has 0 saturated carbocycles. The average Bonchev–Trinajstić information content (AvgIpc) is 2.60. The van der Waals surface area contributed by atoms with Crippen molar-refractivity contribution in [2.45, 2.75) is 20.4 Å². The molecule has 1 aliphatic rings. The van der Waals surface area contributed by atoms with E-state index in [4.69, 9.17) is 9.47 Å². The summed E-state index contributed by atoms with van der Waals surface area (Å²) < 4.78 is 13.9. The van der Waals surface area contributed by atoms with E-state index < -0.39 is 0 Å². The van der Waals surface area contributed by atoms with Gasteiger partial charge < -0.3 is 14.0 Å². The maximum Gasteiger partial charge on any atom is 0.251 e. The minimum Gasteiger partial charge on any atom is -0.454 e. The summed E-state index contributed by atoms with van der Waals surface area (Å²) in [7, 11) is 0. The molecule has 0 aliphatic carbocycles. The monoisotopic (exact) mass is 406 g/mol. The van der Waals surface area contributed by atoms with Gasteiger partial charge in [0.15, 0.2) is 5.75 Å². The van der Waals surface area contributed by atoms with Gasteiger partial charge in [-0.1, -0.05) is 18.2 Å². The summed E-state index contributed by atoms with van der Waals surface area (Å²) >= 11 is 3.45. The van der Waals surface area contributed by atoms with E-state index in [1.54, 1.807) is 16.8 Å². The number of halogens is 1. The van der Waals surface area contributed by atoms with Crippen LogP contribution in [-0.2, 0) is 11.3 Å². The van der Waals surface area contributed by atoms with Crippen LogP contribution in [0.25, 0.3) is 0 Å². The van der Waals surface area contributed by atoms with Crippen LogP contribution < -0.4 is 10.3 Å². The van der Waals surface area contributed by atoms with Gasteiger partial charge in [0, 0.05) is 32.2 Å². The van der Waals surface area contributed by atoms with Gasteiger partial charge in [0.2, 0.25) is 0 Å². The second-order valence-corrected chi connectivity index (χ2v) is 7.15. The summed E-state index contributed by atoms with van der Waals surface area (Å²) in [5.74, 6) is 1.49. The van der Waals surface area contributed by atoms with E-state index in [0.717, 1.165) is 49.7 Å². The smallest absolute Gasteiger partial charge is 0.251 e. The largest absolute Gasteiger partial charge is 0.454 e. The molecule has 0 amide bonds. The van der Waals surface area contributed by atoms with E-state index in [2.05, 4.69) is 20.8 Å². The van der Waals surface area contributed by atoms with Crippen LogP contribution in [0.1, 0.15) is 11.1 Å². The lowest BCUT2D eigenvalue weighted by Gasteiger charge is -2.26. The second-order valence-electron chi connectivity index (χ2n) is 6.29. The third kappa shape index (κ3) is 4.51. The number of ether oxygens (including phenoxy) is 2. The molecule has 134 valence electrons. The fourth-order valence-corrected chi connectivity index (χ4v) is 3.30. The van der Waals surface area contributed by atoms with Crippen molar-refractivity contribution in [2.24, 2.45) is 0 Å². The molecule has 25 heavy (non-hydrogen) atoms. The number of pyridine rings is 1. The standard InChI is InChI=1S/C19H23BrN2O3/c1-14-4-3-5-15(2)19(14)25-17-13-22(18(23)12-16(17)20)7-6-21-8-10-24-11-9-21/h3-5,12-13H,6-11H2,1-2H3. The van der Waals surface area contributed by atoms with Crippen LogP contribution >= 0.6 is 15.9 Å². The first-order chi connectivity index (χ1) is 12.0. The summed E-state index contributed by atoms with van der Waals surface area (Å²) in [6.45, 7) is 8.85. The molecule has 1 saturated heterocycles. The van der Waals surface area contributed by atoms with E-state index in [9.17, 15) is 4.79 Å². The highest BCUT2D eigenvalue weighted by Gasteiger charge is 2.13. The quantitative estimate of drug-likeness (QED) is 0.763. The van der Waals surface area contributed by atoms with Crippen LogP contribution in [0.15, 0.2) is 39.7 Å². The Morgan fingerprint density at radius 1 is 1.16 bits per heavy atom. The SMILES string of the molecule is Cc1cccc(C)c1Oc1cn(CCN2CCOCC2)c(=O)cc1Br. The highest BCUT2D eigenvalue weighted by Crippen LogP contribution is 2.32. The zero-order valence-corrected chi connectivity index (χ0v) is 16.2. The first-order valence-corrected chi connectivity index (χ1v) is 9.28. The van der Waals surface area contributed by atoms with Crippen molar-refractivity contribution in [3.63, 3.8) is 0 Å². The number of morpholine rings is 1. The fraction of sp³-hybridized carbons (Fsp3) is 0.421. The average molecular weight is 407 g/mol. The highest BCUT2D eigenvalue weighted by molar-refractivity contribution is 9.10. The predicted molar refractivity (Wildman–Crippen MR) is 102 cm³/mol. The third-order valence-corrected chi connectivity index (χ3v) is 5.04. The molecule has 2 heterocycles. The van der Waals surface area contributed by atoms with E-state index in [0.29, 0.717) is 16.8 Å². The summed E-state index contributed by atoms with van der Waals surface area (Å²) in [5, 5.41) is 0. The summed E-state index contributed by atoms with van der Waals surface area (Å²) in [6, 6.07) is 7.62. The van der Waals surface area contributed by atoms with Crippen LogP contribution in [0.2, 0.25) is 0 Å². The predicted octanol–water partition coefficient (Wildman–Crippen LogP) is 3.35. The molecule has 5 nitrogen and oxygen atoms in total. The molecule has 1 aromatic carbocycles. The van der Waals surface area contributed by atoms with Crippen LogP contribution in [0.5, 0.6) is 11.5 Å². The summed E-state index contributed by atoms with van der Waals surface area (Å²) in [5.41, 5.74) is 2.10. The molecule has 0 bridgehead atoms. The van der Waals surface area contributed by atoms with E-state index in [-0.39, 0.29) is 5.56 Å². The molecule has 2 aromatic rings. The Kier molecular flexibility index (Phi) is 5.93. The Labute approximate surface area is 156 Å². The van der Waals surface area contributed by atoms with Crippen molar-refractivity contribution < 1.29 is 9.47 Å². The number of hydrogen-bond acceptors (Lipinski definition) is 4. The lowest BCUT2D eigenvalue weighted by molar-refractivity contribution is 0.0362. The van der Waals surface area contributed by atoms with Gasteiger partial charge in [0.05, 0.1) is 23.9 Å². The van der Waals surface area contributed by atoms with Crippen LogP contribution in [0.4, 0.5) is 0 Å². The third-order valence-electron chi connectivity index (χ3n) is 4.42. The van der Waals surface area contributed by atoms with Gasteiger partial charge in [-0.15, -0.1) is 0 Å². The number of rotatable bonds is 5. The van der Waals surface area contributed by atoms with E-state index >= 15 is 0 Å². The molecule has 0 spiro atoms. The lowest BCUT2D eigenvalue weighted by atomic mass is 10.1. The molecular weight excluding hydrogens is 384 g/mol. The summed E-state index contributed by atoms with van der Waals surface area (Å²) in [6.07, 6.45) is 1.79. The maximum absolute atomic E-state index is 12.3. The van der Waals surface area contributed by atoms with Crippen molar-refractivity contribution in [1.82, 2.24) is 9.47 Å². The number of para-hydroxylation sites is 1. The molecule has 1 fully saturated rings. The van der Waals surface area contributed by atoms with Crippen LogP contribution in [0.3, 0.4) is 0 Å². The second kappa shape index (κ2) is 8.17. The van der Waals surface area contributed by atoms with Crippen molar-refractivity contribution in [2.75, 3.05) is 32.8 Å². The Balaban J connectivity index is 1.79. The molecule has 3 rings (SSSR count). The molecule has 6 heteroatoms. The molecule has 0 atom stereocenters. The van der Waals surface area contributed by atoms with Gasteiger partial charge in [0.25, 0.3) is 5.56 Å². The Morgan fingerprint density at radius 2 is 1.84 bits per heavy atom. The van der Waals surface area contributed by atoms with Crippen molar-refractivity contribution in [3.05, 3.63) is 56.4 Å². The molecule has 1 aliphatic heterocycles. The minimum atomic E-state index is -0.0333. The molecule has 1 aromatic heterocycles. The Hall–Kier alpha value is -1.63. The molecule has 0 radical (unpaired) electrons. The first-order valence-electron chi connectivity index (χ1n) is 8.49. The fourth-order valence-electron chi connectivity index (χ4n) is 2.92. The van der Waals surface area contributed by atoms with Crippen LogP contribution in [0, 0.1) is 13.8 Å². The molecule has 0 N–H and O–H groups in total. The maximum atomic E-state index is 12.3. The normalized spacial score (nSPS) is 15.3. The first kappa shape index (κ1) is 18.2. The van der Waals surface area contributed by atoms with Crippen LogP contribution in [-0.4, -0.2) is 42.3 Å². The summed E-state index contributed by atoms with van der Waals surface area (Å²) in [4.78, 5) is 14.6. The minimum absolute atomic E-state index is 0.0333. The van der Waals surface area contributed by atoms with E-state index in [1.807, 2.05) is 32.0 Å². The number of aromatic nitrogens is 1. The Morgan fingerprint density at radius 3 is 2.52 bits per heavy atom. The van der Waals surface area contributed by atoms with Gasteiger partial charge >= 0.3 is 0 Å². The Bertz CT molecular complexity index is 777. The topological polar surface area (TPSA) is 43.7 Å². The van der Waals surface area contributed by atoms with Gasteiger partial charge in [0.1, 0.15) is 5.75 Å². The van der Waals surface area contributed by atoms with Gasteiger partial charge in [-0.25, -0.2) is 0 Å². The molecule has 0 unspecified atom stereocenters. The van der Waals surface area contributed by atoms with Crippen molar-refractivity contribution >= 4 is 15.9 Å². The zero-order valence-electron chi connectivity index (χ0n) is 14.6. The number of hydrogen-bond donors (Lipinski definition) is 0. The van der Waals surface area contributed by atoms with Crippen molar-refractivity contribution in [1.29, 1.82) is 0 Å². The van der Waals surface area contributed by atoms with Gasteiger partial charge in [-0.2, -0.15) is 0 Å². The van der Waals surface area contributed by atoms with Gasteiger partial charge in [-0.05, 0) is 40.9 Å². The van der Waals surface area contributed by atoms with Crippen molar-refractivity contribution in [3.8, 4) is 11.5 Å². The highest BCUT2D eigenvalue weighted by atomic mass is 79.9. The molecular formula is C19H23BrN2O3. The van der Waals surface area contributed by atoms with Gasteiger partial charge in [-0.3, -0.25) is 9.69 Å². The lowest BCUT2D eigenvalue weighted by Crippen LogP contribution is -2.39. The number of benzene rings is 1. The number of nitrogens with zero attached hydrogens (tertiary/aromatic N) is 2. The number of aryl methyl sites for hydroxylation is 2. The zero-order chi connectivity index (χ0) is 17.8. The van der Waals surface area contributed by atoms with E-state index in [1.165, 1.54) is 0 Å².